The maximum Gasteiger partial charge on any atom is 0.0684 e. The number of aromatic nitrogens is 1. The Balaban J connectivity index is 2.44. The van der Waals surface area contributed by atoms with Gasteiger partial charge in [0.15, 0.2) is 0 Å². The molecule has 0 saturated heterocycles. The Hall–Kier alpha value is 0.0300. The zero-order valence-corrected chi connectivity index (χ0v) is 11.9. The van der Waals surface area contributed by atoms with Gasteiger partial charge < -0.3 is 10.1 Å². The second kappa shape index (κ2) is 6.58. The molecule has 0 fully saturated rings. The van der Waals surface area contributed by atoms with Crippen LogP contribution in [0.25, 0.3) is 0 Å². The summed E-state index contributed by atoms with van der Waals surface area (Å²) < 4.78 is 7.12. The Kier molecular flexibility index (Phi) is 5.74. The highest BCUT2D eigenvalue weighted by Crippen LogP contribution is 2.19. The normalized spacial score (nSPS) is 12.8. The van der Waals surface area contributed by atoms with E-state index in [1.807, 2.05) is 13.0 Å². The van der Waals surface area contributed by atoms with Gasteiger partial charge in [-0.3, -0.25) is 4.98 Å². The van der Waals surface area contributed by atoms with Crippen molar-refractivity contribution in [1.82, 2.24) is 10.3 Å². The second-order valence-corrected chi connectivity index (χ2v) is 5.03. The molecule has 0 aliphatic heterocycles. The molecule has 1 atom stereocenters. The molecule has 0 spiro atoms. The van der Waals surface area contributed by atoms with Gasteiger partial charge in [0.05, 0.1) is 11.8 Å². The van der Waals surface area contributed by atoms with E-state index in [2.05, 4.69) is 42.2 Å². The van der Waals surface area contributed by atoms with Crippen LogP contribution in [0, 0.1) is 0 Å². The van der Waals surface area contributed by atoms with Crippen molar-refractivity contribution in [2.75, 3.05) is 13.7 Å². The zero-order valence-electron chi connectivity index (χ0n) is 8.76. The van der Waals surface area contributed by atoms with E-state index in [0.29, 0.717) is 0 Å². The van der Waals surface area contributed by atoms with Gasteiger partial charge in [-0.15, -0.1) is 0 Å². The molecule has 0 amide bonds. The molecule has 0 radical (unpaired) electrons. The van der Waals surface area contributed by atoms with Crippen LogP contribution in [0.15, 0.2) is 21.2 Å². The number of rotatable bonds is 5. The first-order valence-corrected chi connectivity index (χ1v) is 6.25. The molecule has 0 saturated carbocycles. The van der Waals surface area contributed by atoms with E-state index in [9.17, 15) is 0 Å². The van der Waals surface area contributed by atoms with Crippen LogP contribution in [-0.2, 0) is 11.3 Å². The molecule has 1 aromatic rings. The lowest BCUT2D eigenvalue weighted by Gasteiger charge is -2.11. The maximum absolute atomic E-state index is 5.14. The molecule has 1 unspecified atom stereocenters. The molecule has 0 aromatic carbocycles. The van der Waals surface area contributed by atoms with E-state index in [-0.39, 0.29) is 6.10 Å². The molecule has 1 aromatic heterocycles. The van der Waals surface area contributed by atoms with Crippen LogP contribution in [0.1, 0.15) is 12.6 Å². The lowest BCUT2D eigenvalue weighted by Crippen LogP contribution is -2.26. The van der Waals surface area contributed by atoms with Crippen LogP contribution >= 0.6 is 31.9 Å². The van der Waals surface area contributed by atoms with Crippen LogP contribution in [0.3, 0.4) is 0 Å². The number of nitrogens with zero attached hydrogens (tertiary/aromatic N) is 1. The number of hydrogen-bond donors (Lipinski definition) is 1. The van der Waals surface area contributed by atoms with Crippen LogP contribution in [0.5, 0.6) is 0 Å². The van der Waals surface area contributed by atoms with E-state index in [0.717, 1.165) is 27.7 Å². The first-order valence-electron chi connectivity index (χ1n) is 4.67. The summed E-state index contributed by atoms with van der Waals surface area (Å²) in [6.07, 6.45) is 2.01. The van der Waals surface area contributed by atoms with Gasteiger partial charge in [0.2, 0.25) is 0 Å². The third kappa shape index (κ3) is 4.59. The smallest absolute Gasteiger partial charge is 0.0684 e. The lowest BCUT2D eigenvalue weighted by molar-refractivity contribution is 0.117. The molecule has 84 valence electrons. The van der Waals surface area contributed by atoms with Crippen molar-refractivity contribution in [3.05, 3.63) is 26.9 Å². The fourth-order valence-electron chi connectivity index (χ4n) is 1.05. The van der Waals surface area contributed by atoms with Gasteiger partial charge in [0, 0.05) is 35.3 Å². The molecule has 15 heavy (non-hydrogen) atoms. The second-order valence-electron chi connectivity index (χ2n) is 3.26. The van der Waals surface area contributed by atoms with Crippen molar-refractivity contribution in [2.45, 2.75) is 19.6 Å². The largest absolute Gasteiger partial charge is 0.380 e. The number of pyridine rings is 1. The molecule has 0 aliphatic carbocycles. The fourth-order valence-corrected chi connectivity index (χ4v) is 2.18. The van der Waals surface area contributed by atoms with E-state index in [1.54, 1.807) is 13.3 Å². The predicted molar refractivity (Wildman–Crippen MR) is 67.8 cm³/mol. The van der Waals surface area contributed by atoms with Gasteiger partial charge in [-0.05, 0) is 44.8 Å². The highest BCUT2D eigenvalue weighted by Gasteiger charge is 2.03. The summed E-state index contributed by atoms with van der Waals surface area (Å²) in [5.41, 5.74) is 1.00. The summed E-state index contributed by atoms with van der Waals surface area (Å²) in [5.74, 6) is 0. The minimum Gasteiger partial charge on any atom is -0.380 e. The Morgan fingerprint density at radius 1 is 1.53 bits per heavy atom. The molecule has 5 heteroatoms. The minimum atomic E-state index is 0.222. The van der Waals surface area contributed by atoms with E-state index in [4.69, 9.17) is 4.74 Å². The highest BCUT2D eigenvalue weighted by molar-refractivity contribution is 9.11. The van der Waals surface area contributed by atoms with Crippen molar-refractivity contribution in [3.8, 4) is 0 Å². The molecule has 0 bridgehead atoms. The van der Waals surface area contributed by atoms with Gasteiger partial charge in [-0.1, -0.05) is 0 Å². The van der Waals surface area contributed by atoms with E-state index in [1.165, 1.54) is 0 Å². The first kappa shape index (κ1) is 13.1. The zero-order chi connectivity index (χ0) is 11.3. The highest BCUT2D eigenvalue weighted by atomic mass is 79.9. The molecule has 3 nitrogen and oxygen atoms in total. The van der Waals surface area contributed by atoms with Gasteiger partial charge in [-0.2, -0.15) is 0 Å². The van der Waals surface area contributed by atoms with Crippen LogP contribution in [0.2, 0.25) is 0 Å². The number of hydrogen-bond acceptors (Lipinski definition) is 3. The van der Waals surface area contributed by atoms with Crippen LogP contribution < -0.4 is 5.32 Å². The van der Waals surface area contributed by atoms with Crippen molar-refractivity contribution < 1.29 is 4.74 Å². The first-order chi connectivity index (χ1) is 7.13. The predicted octanol–water partition coefficient (Wildman–Crippen LogP) is 2.73. The molecular weight excluding hydrogens is 324 g/mol. The third-order valence-corrected chi connectivity index (χ3v) is 3.13. The molecular formula is C10H14Br2N2O. The minimum absolute atomic E-state index is 0.222. The Morgan fingerprint density at radius 2 is 2.27 bits per heavy atom. The fraction of sp³-hybridized carbons (Fsp3) is 0.500. The Morgan fingerprint density at radius 3 is 2.87 bits per heavy atom. The topological polar surface area (TPSA) is 34.1 Å². The summed E-state index contributed by atoms with van der Waals surface area (Å²) in [6, 6.07) is 1.99. The van der Waals surface area contributed by atoms with E-state index < -0.39 is 0 Å². The number of halogens is 2. The maximum atomic E-state index is 5.14. The van der Waals surface area contributed by atoms with Crippen LogP contribution in [0.4, 0.5) is 0 Å². The third-order valence-electron chi connectivity index (χ3n) is 2.01. The van der Waals surface area contributed by atoms with Crippen molar-refractivity contribution in [1.29, 1.82) is 0 Å². The lowest BCUT2D eigenvalue weighted by atomic mass is 10.3. The van der Waals surface area contributed by atoms with Gasteiger partial charge in [0.1, 0.15) is 0 Å². The Bertz CT molecular complexity index is 320. The van der Waals surface area contributed by atoms with Gasteiger partial charge >= 0.3 is 0 Å². The average molecular weight is 338 g/mol. The summed E-state index contributed by atoms with van der Waals surface area (Å²) in [6.45, 7) is 3.58. The van der Waals surface area contributed by atoms with Crippen molar-refractivity contribution >= 4 is 31.9 Å². The van der Waals surface area contributed by atoms with Gasteiger partial charge in [-0.25, -0.2) is 0 Å². The number of ether oxygens (including phenoxy) is 1. The average Bonchev–Trinajstić information content (AvgIpc) is 2.21. The summed E-state index contributed by atoms with van der Waals surface area (Å²) in [4.78, 5) is 4.30. The van der Waals surface area contributed by atoms with Crippen molar-refractivity contribution in [2.24, 2.45) is 0 Å². The summed E-state index contributed by atoms with van der Waals surface area (Å²) >= 11 is 6.83. The molecule has 0 aliphatic rings. The molecule has 1 heterocycles. The summed E-state index contributed by atoms with van der Waals surface area (Å²) in [5, 5.41) is 3.28. The van der Waals surface area contributed by atoms with Gasteiger partial charge in [0.25, 0.3) is 0 Å². The number of methoxy groups -OCH3 is 1. The quantitative estimate of drug-likeness (QED) is 0.897. The SMILES string of the molecule is COC(C)CNCc1ncc(Br)cc1Br. The van der Waals surface area contributed by atoms with Crippen molar-refractivity contribution in [3.63, 3.8) is 0 Å². The Labute approximate surface area is 107 Å². The standard InChI is InChI=1S/C10H14Br2N2O/c1-7(15-2)4-13-6-10-9(12)3-8(11)5-14-10/h3,5,7,13H,4,6H2,1-2H3. The summed E-state index contributed by atoms with van der Waals surface area (Å²) in [7, 11) is 1.71. The monoisotopic (exact) mass is 336 g/mol. The van der Waals surface area contributed by atoms with E-state index >= 15 is 0 Å². The molecule has 1 N–H and O–H groups in total. The number of nitrogens with one attached hydrogen (secondary N) is 1. The molecule has 1 rings (SSSR count). The van der Waals surface area contributed by atoms with Crippen LogP contribution in [-0.4, -0.2) is 24.7 Å².